The second kappa shape index (κ2) is 8.08. The first-order valence-corrected chi connectivity index (χ1v) is 8.57. The monoisotopic (exact) mass is 342 g/mol. The molecule has 0 spiro atoms. The van der Waals surface area contributed by atoms with Crippen molar-refractivity contribution in [1.82, 2.24) is 10.3 Å². The summed E-state index contributed by atoms with van der Waals surface area (Å²) in [6.07, 6.45) is 4.26. The average Bonchev–Trinajstić information content (AvgIpc) is 3.10. The molecule has 5 nitrogen and oxygen atoms in total. The number of rotatable bonds is 5. The third-order valence-corrected chi connectivity index (χ3v) is 4.19. The van der Waals surface area contributed by atoms with Gasteiger partial charge in [-0.2, -0.15) is 0 Å². The number of nitrogens with zero attached hydrogens (tertiary/aromatic N) is 1. The first-order valence-electron chi connectivity index (χ1n) is 8.16. The van der Waals surface area contributed by atoms with E-state index in [1.807, 2.05) is 30.3 Å². The fourth-order valence-electron chi connectivity index (χ4n) is 2.58. The van der Waals surface area contributed by atoms with Gasteiger partial charge in [0.2, 0.25) is 0 Å². The van der Waals surface area contributed by atoms with Gasteiger partial charge in [0.15, 0.2) is 5.11 Å². The highest BCUT2D eigenvalue weighted by atomic mass is 32.1. The van der Waals surface area contributed by atoms with E-state index in [9.17, 15) is 0 Å². The lowest BCUT2D eigenvalue weighted by Gasteiger charge is -2.14. The van der Waals surface area contributed by atoms with E-state index in [1.54, 1.807) is 6.20 Å². The van der Waals surface area contributed by atoms with Crippen molar-refractivity contribution in [2.45, 2.75) is 25.9 Å². The van der Waals surface area contributed by atoms with Gasteiger partial charge in [-0.15, -0.1) is 0 Å². The number of anilines is 3. The van der Waals surface area contributed by atoms with Crippen LogP contribution in [-0.4, -0.2) is 29.4 Å². The molecule has 6 heteroatoms. The van der Waals surface area contributed by atoms with Crippen LogP contribution in [0.5, 0.6) is 0 Å². The summed E-state index contributed by atoms with van der Waals surface area (Å²) in [6, 6.07) is 12.0. The van der Waals surface area contributed by atoms with Crippen molar-refractivity contribution >= 4 is 34.5 Å². The van der Waals surface area contributed by atoms with Gasteiger partial charge in [0.05, 0.1) is 18.0 Å². The number of ether oxygens (including phenoxy) is 1. The molecule has 2 heterocycles. The maximum atomic E-state index is 5.56. The lowest BCUT2D eigenvalue weighted by molar-refractivity contribution is 0.114. The van der Waals surface area contributed by atoms with Crippen LogP contribution in [0.25, 0.3) is 0 Å². The molecule has 2 aromatic rings. The van der Waals surface area contributed by atoms with Crippen molar-refractivity contribution in [2.75, 3.05) is 23.8 Å². The molecule has 1 aromatic carbocycles. The molecule has 0 aliphatic carbocycles. The number of nitrogens with one attached hydrogen (secondary N) is 3. The Bertz CT molecular complexity index is 684. The lowest BCUT2D eigenvalue weighted by Crippen LogP contribution is -2.34. The summed E-state index contributed by atoms with van der Waals surface area (Å²) in [4.78, 5) is 4.42. The molecule has 3 rings (SSSR count). The summed E-state index contributed by atoms with van der Waals surface area (Å²) < 4.78 is 5.56. The van der Waals surface area contributed by atoms with Crippen LogP contribution in [0.15, 0.2) is 42.6 Å². The summed E-state index contributed by atoms with van der Waals surface area (Å²) in [5, 5.41) is 10.2. The van der Waals surface area contributed by atoms with Crippen LogP contribution >= 0.6 is 12.2 Å². The fourth-order valence-corrected chi connectivity index (χ4v) is 2.78. The largest absolute Gasteiger partial charge is 0.376 e. The van der Waals surface area contributed by atoms with E-state index in [2.05, 4.69) is 33.9 Å². The van der Waals surface area contributed by atoms with E-state index in [4.69, 9.17) is 17.0 Å². The maximum Gasteiger partial charge on any atom is 0.170 e. The topological polar surface area (TPSA) is 58.2 Å². The van der Waals surface area contributed by atoms with Crippen LogP contribution in [-0.2, 0) is 4.74 Å². The molecular weight excluding hydrogens is 320 g/mol. The van der Waals surface area contributed by atoms with Gasteiger partial charge in [0.1, 0.15) is 5.82 Å². The summed E-state index contributed by atoms with van der Waals surface area (Å²) in [5.74, 6) is 0.799. The van der Waals surface area contributed by atoms with Gasteiger partial charge in [0, 0.05) is 18.8 Å². The van der Waals surface area contributed by atoms with E-state index in [0.717, 1.165) is 43.2 Å². The zero-order chi connectivity index (χ0) is 16.8. The Morgan fingerprint density at radius 1 is 1.29 bits per heavy atom. The normalized spacial score (nSPS) is 16.6. The predicted octanol–water partition coefficient (Wildman–Crippen LogP) is 3.60. The molecule has 24 heavy (non-hydrogen) atoms. The smallest absolute Gasteiger partial charge is 0.170 e. The van der Waals surface area contributed by atoms with E-state index >= 15 is 0 Å². The highest BCUT2D eigenvalue weighted by Gasteiger charge is 2.15. The van der Waals surface area contributed by atoms with E-state index < -0.39 is 0 Å². The number of para-hydroxylation sites is 1. The molecule has 0 amide bonds. The number of hydrogen-bond acceptors (Lipinski definition) is 4. The molecule has 0 bridgehead atoms. The first-order chi connectivity index (χ1) is 11.7. The van der Waals surface area contributed by atoms with Gasteiger partial charge in [-0.25, -0.2) is 4.98 Å². The molecule has 1 fully saturated rings. The second-order valence-electron chi connectivity index (χ2n) is 5.84. The van der Waals surface area contributed by atoms with Crippen molar-refractivity contribution in [3.63, 3.8) is 0 Å². The average molecular weight is 342 g/mol. The van der Waals surface area contributed by atoms with Crippen molar-refractivity contribution in [3.05, 3.63) is 48.2 Å². The summed E-state index contributed by atoms with van der Waals surface area (Å²) in [5.41, 5.74) is 3.09. The van der Waals surface area contributed by atoms with Gasteiger partial charge in [0.25, 0.3) is 0 Å². The Labute approximate surface area is 147 Å². The molecule has 126 valence electrons. The van der Waals surface area contributed by atoms with Crippen LogP contribution < -0.4 is 16.0 Å². The van der Waals surface area contributed by atoms with E-state index in [-0.39, 0.29) is 6.10 Å². The number of pyridine rings is 1. The van der Waals surface area contributed by atoms with Crippen LogP contribution in [0.4, 0.5) is 17.2 Å². The second-order valence-corrected chi connectivity index (χ2v) is 6.25. The Balaban J connectivity index is 1.50. The summed E-state index contributed by atoms with van der Waals surface area (Å²) in [6.45, 7) is 3.66. The van der Waals surface area contributed by atoms with Crippen molar-refractivity contribution < 1.29 is 4.74 Å². The van der Waals surface area contributed by atoms with Gasteiger partial charge in [-0.1, -0.05) is 18.2 Å². The molecule has 1 atom stereocenters. The maximum absolute atomic E-state index is 5.56. The first kappa shape index (κ1) is 16.7. The SMILES string of the molecule is Cc1ccccc1Nc1ccc(NC(=S)NC[C@H]2CCCO2)cn1. The number of aryl methyl sites for hydroxylation is 1. The van der Waals surface area contributed by atoms with Crippen molar-refractivity contribution in [1.29, 1.82) is 0 Å². The molecule has 1 saturated heterocycles. The fraction of sp³-hybridized carbons (Fsp3) is 0.333. The van der Waals surface area contributed by atoms with Crippen LogP contribution in [0.3, 0.4) is 0 Å². The molecule has 3 N–H and O–H groups in total. The molecule has 0 unspecified atom stereocenters. The van der Waals surface area contributed by atoms with Crippen molar-refractivity contribution in [2.24, 2.45) is 0 Å². The summed E-state index contributed by atoms with van der Waals surface area (Å²) >= 11 is 5.30. The predicted molar refractivity (Wildman–Crippen MR) is 102 cm³/mol. The van der Waals surface area contributed by atoms with E-state index in [1.165, 1.54) is 5.56 Å². The third kappa shape index (κ3) is 4.66. The van der Waals surface area contributed by atoms with Crippen LogP contribution in [0.1, 0.15) is 18.4 Å². The van der Waals surface area contributed by atoms with Crippen molar-refractivity contribution in [3.8, 4) is 0 Å². The van der Waals surface area contributed by atoms with Gasteiger partial charge >= 0.3 is 0 Å². The number of thiocarbonyl (C=S) groups is 1. The van der Waals surface area contributed by atoms with Crippen LogP contribution in [0, 0.1) is 6.92 Å². The van der Waals surface area contributed by atoms with E-state index in [0.29, 0.717) is 5.11 Å². The Hall–Kier alpha value is -2.18. The molecule has 1 aromatic heterocycles. The minimum atomic E-state index is 0.267. The Morgan fingerprint density at radius 3 is 2.88 bits per heavy atom. The molecular formula is C18H22N4OS. The molecule has 1 aliphatic rings. The molecule has 0 saturated carbocycles. The van der Waals surface area contributed by atoms with Crippen LogP contribution in [0.2, 0.25) is 0 Å². The quantitative estimate of drug-likeness (QED) is 0.722. The Kier molecular flexibility index (Phi) is 5.61. The van der Waals surface area contributed by atoms with Gasteiger partial charge in [-0.05, 0) is 55.7 Å². The minimum Gasteiger partial charge on any atom is -0.376 e. The zero-order valence-electron chi connectivity index (χ0n) is 13.7. The third-order valence-electron chi connectivity index (χ3n) is 3.94. The minimum absolute atomic E-state index is 0.267. The van der Waals surface area contributed by atoms with Gasteiger partial charge in [-0.3, -0.25) is 0 Å². The van der Waals surface area contributed by atoms with Gasteiger partial charge < -0.3 is 20.7 Å². The number of benzene rings is 1. The summed E-state index contributed by atoms with van der Waals surface area (Å²) in [7, 11) is 0. The Morgan fingerprint density at radius 2 is 2.17 bits per heavy atom. The highest BCUT2D eigenvalue weighted by molar-refractivity contribution is 7.80. The highest BCUT2D eigenvalue weighted by Crippen LogP contribution is 2.19. The molecule has 1 aliphatic heterocycles. The molecule has 0 radical (unpaired) electrons. The lowest BCUT2D eigenvalue weighted by atomic mass is 10.2. The number of aromatic nitrogens is 1. The zero-order valence-corrected chi connectivity index (χ0v) is 14.5. The standard InChI is InChI=1S/C18H22N4OS/c1-13-5-2-3-7-16(13)22-17-9-8-14(11-19-17)21-18(24)20-12-15-6-4-10-23-15/h2-3,5,7-9,11,15H,4,6,10,12H2,1H3,(H,19,22)(H2,20,21,24)/t15-/m1/s1. The number of hydrogen-bond donors (Lipinski definition) is 3.